The van der Waals surface area contributed by atoms with Crippen LogP contribution in [0, 0.1) is 0 Å². The molecule has 3 N–H and O–H groups in total. The summed E-state index contributed by atoms with van der Waals surface area (Å²) < 4.78 is 0. The minimum atomic E-state index is -0.658. The minimum Gasteiger partial charge on any atom is -0.364 e. The number of nitrogens with one attached hydrogen (secondary N) is 1. The van der Waals surface area contributed by atoms with Crippen LogP contribution in [-0.2, 0) is 9.59 Å². The molecular formula is C11H12N2O2. The maximum Gasteiger partial charge on any atom is 0.265 e. The van der Waals surface area contributed by atoms with Gasteiger partial charge in [0.2, 0.25) is 5.91 Å². The van der Waals surface area contributed by atoms with Crippen molar-refractivity contribution in [3.8, 4) is 0 Å². The van der Waals surface area contributed by atoms with E-state index >= 15 is 0 Å². The summed E-state index contributed by atoms with van der Waals surface area (Å²) in [5.41, 5.74) is 6.01. The Morgan fingerprint density at radius 2 is 1.87 bits per heavy atom. The van der Waals surface area contributed by atoms with E-state index in [1.165, 1.54) is 13.0 Å². The maximum atomic E-state index is 11.0. The molecule has 0 saturated heterocycles. The van der Waals surface area contributed by atoms with E-state index in [0.29, 0.717) is 0 Å². The first-order valence-electron chi connectivity index (χ1n) is 4.43. The van der Waals surface area contributed by atoms with Crippen LogP contribution in [0.15, 0.2) is 36.0 Å². The lowest BCUT2D eigenvalue weighted by molar-refractivity contribution is -0.121. The fraction of sp³-hybridized carbons (Fsp3) is 0.0909. The predicted octanol–water partition coefficient (Wildman–Crippen LogP) is 0.649. The average Bonchev–Trinajstić information content (AvgIpc) is 2.17. The lowest BCUT2D eigenvalue weighted by atomic mass is 10.2. The molecule has 0 saturated carbocycles. The second-order valence-electron chi connectivity index (χ2n) is 3.01. The molecule has 1 rings (SSSR count). The third-order valence-corrected chi connectivity index (χ3v) is 1.69. The van der Waals surface area contributed by atoms with E-state index in [2.05, 4.69) is 5.32 Å². The highest BCUT2D eigenvalue weighted by Gasteiger charge is 2.05. The van der Waals surface area contributed by atoms with Crippen LogP contribution in [0.25, 0.3) is 6.08 Å². The summed E-state index contributed by atoms with van der Waals surface area (Å²) in [7, 11) is 0. The lowest BCUT2D eigenvalue weighted by Crippen LogP contribution is -2.29. The van der Waals surface area contributed by atoms with Gasteiger partial charge in [-0.3, -0.25) is 9.59 Å². The Balaban J connectivity index is 2.94. The molecule has 0 aliphatic rings. The van der Waals surface area contributed by atoms with E-state index in [1.807, 2.05) is 30.3 Å². The number of nitrogens with two attached hydrogens (primary N) is 1. The Morgan fingerprint density at radius 3 is 2.33 bits per heavy atom. The van der Waals surface area contributed by atoms with Crippen LogP contribution < -0.4 is 11.1 Å². The molecule has 0 radical (unpaired) electrons. The third kappa shape index (κ3) is 3.64. The van der Waals surface area contributed by atoms with Gasteiger partial charge in [0.1, 0.15) is 5.70 Å². The first-order chi connectivity index (χ1) is 7.09. The van der Waals surface area contributed by atoms with E-state index in [-0.39, 0.29) is 11.6 Å². The molecular weight excluding hydrogens is 192 g/mol. The second kappa shape index (κ2) is 4.95. The number of primary amides is 1. The Morgan fingerprint density at radius 1 is 1.27 bits per heavy atom. The summed E-state index contributed by atoms with van der Waals surface area (Å²) in [5, 5.41) is 2.38. The molecule has 15 heavy (non-hydrogen) atoms. The van der Waals surface area contributed by atoms with Gasteiger partial charge in [0.05, 0.1) is 0 Å². The van der Waals surface area contributed by atoms with Crippen molar-refractivity contribution in [3.05, 3.63) is 41.6 Å². The van der Waals surface area contributed by atoms with Crippen molar-refractivity contribution in [2.75, 3.05) is 0 Å². The zero-order valence-corrected chi connectivity index (χ0v) is 8.36. The van der Waals surface area contributed by atoms with Gasteiger partial charge in [-0.2, -0.15) is 0 Å². The highest BCUT2D eigenvalue weighted by molar-refractivity contribution is 5.99. The molecule has 1 aromatic rings. The van der Waals surface area contributed by atoms with E-state index in [9.17, 15) is 9.59 Å². The Bertz CT molecular complexity index is 396. The van der Waals surface area contributed by atoms with Gasteiger partial charge in [0.25, 0.3) is 5.91 Å². The third-order valence-electron chi connectivity index (χ3n) is 1.69. The molecule has 0 aromatic heterocycles. The maximum absolute atomic E-state index is 11.0. The summed E-state index contributed by atoms with van der Waals surface area (Å²) in [6.45, 7) is 1.32. The molecule has 0 fully saturated rings. The van der Waals surface area contributed by atoms with E-state index in [1.54, 1.807) is 0 Å². The molecule has 0 aliphatic carbocycles. The first-order valence-corrected chi connectivity index (χ1v) is 4.43. The van der Waals surface area contributed by atoms with Gasteiger partial charge in [-0.1, -0.05) is 30.3 Å². The lowest BCUT2D eigenvalue weighted by Gasteiger charge is -2.03. The molecule has 0 heterocycles. The van der Waals surface area contributed by atoms with Crippen LogP contribution in [0.2, 0.25) is 0 Å². The smallest absolute Gasteiger partial charge is 0.265 e. The van der Waals surface area contributed by atoms with Gasteiger partial charge in [0, 0.05) is 6.92 Å². The van der Waals surface area contributed by atoms with E-state index in [0.717, 1.165) is 5.56 Å². The van der Waals surface area contributed by atoms with Crippen molar-refractivity contribution < 1.29 is 9.59 Å². The van der Waals surface area contributed by atoms with E-state index < -0.39 is 5.91 Å². The molecule has 0 atom stereocenters. The molecule has 78 valence electrons. The van der Waals surface area contributed by atoms with Crippen LogP contribution in [0.4, 0.5) is 0 Å². The Kier molecular flexibility index (Phi) is 3.62. The van der Waals surface area contributed by atoms with Gasteiger partial charge >= 0.3 is 0 Å². The second-order valence-corrected chi connectivity index (χ2v) is 3.01. The number of carbonyl (C=O) groups excluding carboxylic acids is 2. The van der Waals surface area contributed by atoms with Gasteiger partial charge in [-0.15, -0.1) is 0 Å². The molecule has 2 amide bonds. The van der Waals surface area contributed by atoms with Gasteiger partial charge in [0.15, 0.2) is 0 Å². The van der Waals surface area contributed by atoms with E-state index in [4.69, 9.17) is 5.73 Å². The number of hydrogen-bond acceptors (Lipinski definition) is 2. The molecule has 4 heteroatoms. The molecule has 0 bridgehead atoms. The first kappa shape index (κ1) is 11.0. The molecule has 4 nitrogen and oxygen atoms in total. The zero-order chi connectivity index (χ0) is 11.3. The van der Waals surface area contributed by atoms with Crippen LogP contribution in [-0.4, -0.2) is 11.8 Å². The summed E-state index contributed by atoms with van der Waals surface area (Å²) in [4.78, 5) is 21.8. The summed E-state index contributed by atoms with van der Waals surface area (Å²) >= 11 is 0. The zero-order valence-electron chi connectivity index (χ0n) is 8.36. The quantitative estimate of drug-likeness (QED) is 0.709. The molecule has 0 aliphatic heterocycles. The molecule has 1 aromatic carbocycles. The van der Waals surface area contributed by atoms with Gasteiger partial charge < -0.3 is 11.1 Å². The number of amides is 2. The Hall–Kier alpha value is -2.10. The molecule has 0 spiro atoms. The highest BCUT2D eigenvalue weighted by Crippen LogP contribution is 2.04. The monoisotopic (exact) mass is 204 g/mol. The standard InChI is InChI=1S/C11H12N2O2/c1-8(14)13-10(11(12)15)7-9-5-3-2-4-6-9/h2-7H,1H3,(H2,12,15)(H,13,14)/b10-7+. The number of carbonyl (C=O) groups is 2. The van der Waals surface area contributed by atoms with Crippen molar-refractivity contribution in [1.29, 1.82) is 0 Å². The number of hydrogen-bond donors (Lipinski definition) is 2. The van der Waals surface area contributed by atoms with Gasteiger partial charge in [-0.25, -0.2) is 0 Å². The largest absolute Gasteiger partial charge is 0.364 e. The normalized spacial score (nSPS) is 10.9. The summed E-state index contributed by atoms with van der Waals surface area (Å²) in [6.07, 6.45) is 1.53. The van der Waals surface area contributed by atoms with Gasteiger partial charge in [-0.05, 0) is 11.6 Å². The van der Waals surface area contributed by atoms with Crippen molar-refractivity contribution in [2.45, 2.75) is 6.92 Å². The highest BCUT2D eigenvalue weighted by atomic mass is 16.2. The summed E-state index contributed by atoms with van der Waals surface area (Å²) in [5.74, 6) is -0.981. The van der Waals surface area contributed by atoms with Crippen molar-refractivity contribution in [2.24, 2.45) is 5.73 Å². The summed E-state index contributed by atoms with van der Waals surface area (Å²) in [6, 6.07) is 9.14. The number of rotatable bonds is 3. The van der Waals surface area contributed by atoms with Crippen molar-refractivity contribution >= 4 is 17.9 Å². The number of benzene rings is 1. The van der Waals surface area contributed by atoms with Crippen LogP contribution in [0.5, 0.6) is 0 Å². The minimum absolute atomic E-state index is 0.0914. The average molecular weight is 204 g/mol. The van der Waals surface area contributed by atoms with Crippen molar-refractivity contribution in [3.63, 3.8) is 0 Å². The fourth-order valence-electron chi connectivity index (χ4n) is 1.07. The topological polar surface area (TPSA) is 72.2 Å². The molecule has 0 unspecified atom stereocenters. The van der Waals surface area contributed by atoms with Crippen LogP contribution >= 0.6 is 0 Å². The van der Waals surface area contributed by atoms with Crippen LogP contribution in [0.1, 0.15) is 12.5 Å². The fourth-order valence-corrected chi connectivity index (χ4v) is 1.07. The van der Waals surface area contributed by atoms with Crippen molar-refractivity contribution in [1.82, 2.24) is 5.32 Å². The Labute approximate surface area is 87.8 Å². The van der Waals surface area contributed by atoms with Crippen LogP contribution in [0.3, 0.4) is 0 Å². The predicted molar refractivity (Wildman–Crippen MR) is 57.4 cm³/mol. The SMILES string of the molecule is CC(=O)N/C(=C/c1ccccc1)C(N)=O.